The number of unbranched alkanes of at least 4 members (excludes halogenated alkanes) is 1. The summed E-state index contributed by atoms with van der Waals surface area (Å²) in [4.78, 5) is 5.08. The van der Waals surface area contributed by atoms with Crippen LogP contribution in [-0.4, -0.2) is 72.4 Å². The van der Waals surface area contributed by atoms with Crippen molar-refractivity contribution in [3.63, 3.8) is 0 Å². The lowest BCUT2D eigenvalue weighted by Crippen LogP contribution is -2.49. The van der Waals surface area contributed by atoms with Gasteiger partial charge in [-0.25, -0.2) is 0 Å². The van der Waals surface area contributed by atoms with E-state index in [-0.39, 0.29) is 12.1 Å². The number of rotatable bonds is 8. The van der Waals surface area contributed by atoms with E-state index < -0.39 is 0 Å². The molecule has 21 heavy (non-hydrogen) atoms. The molecular formula is C17H37N3O. The fraction of sp³-hybridized carbons (Fsp3) is 1.00. The minimum atomic E-state index is -0.126. The minimum Gasteiger partial charge on any atom is -0.394 e. The van der Waals surface area contributed by atoms with Gasteiger partial charge in [0.05, 0.1) is 6.61 Å². The van der Waals surface area contributed by atoms with Crippen LogP contribution in [0.2, 0.25) is 0 Å². The summed E-state index contributed by atoms with van der Waals surface area (Å²) < 4.78 is 0. The van der Waals surface area contributed by atoms with Crippen molar-refractivity contribution in [2.45, 2.75) is 71.0 Å². The zero-order chi connectivity index (χ0) is 15.9. The second-order valence-electron chi connectivity index (χ2n) is 7.48. The van der Waals surface area contributed by atoms with Gasteiger partial charge in [-0.3, -0.25) is 4.90 Å². The zero-order valence-electron chi connectivity index (χ0n) is 14.9. The number of hydrogen-bond acceptors (Lipinski definition) is 4. The van der Waals surface area contributed by atoms with E-state index in [0.717, 1.165) is 6.42 Å². The van der Waals surface area contributed by atoms with Crippen molar-refractivity contribution >= 4 is 0 Å². The molecule has 0 spiro atoms. The van der Waals surface area contributed by atoms with Gasteiger partial charge >= 0.3 is 0 Å². The maximum atomic E-state index is 9.61. The molecule has 2 N–H and O–H groups in total. The van der Waals surface area contributed by atoms with Gasteiger partial charge in [0.2, 0.25) is 0 Å². The Morgan fingerprint density at radius 2 is 2.00 bits per heavy atom. The highest BCUT2D eigenvalue weighted by atomic mass is 16.3. The summed E-state index contributed by atoms with van der Waals surface area (Å²) in [5.74, 6) is 0. The molecule has 0 radical (unpaired) electrons. The molecule has 0 bridgehead atoms. The lowest BCUT2D eigenvalue weighted by atomic mass is 9.94. The van der Waals surface area contributed by atoms with Gasteiger partial charge in [-0.1, -0.05) is 20.3 Å². The van der Waals surface area contributed by atoms with Gasteiger partial charge in [0.1, 0.15) is 0 Å². The van der Waals surface area contributed by atoms with Crippen LogP contribution in [0.15, 0.2) is 0 Å². The molecule has 126 valence electrons. The summed E-state index contributed by atoms with van der Waals surface area (Å²) in [7, 11) is 2.23. The molecule has 1 heterocycles. The van der Waals surface area contributed by atoms with E-state index >= 15 is 0 Å². The van der Waals surface area contributed by atoms with E-state index in [0.29, 0.717) is 12.1 Å². The quantitative estimate of drug-likeness (QED) is 0.672. The summed E-state index contributed by atoms with van der Waals surface area (Å²) in [5, 5.41) is 13.1. The fourth-order valence-corrected chi connectivity index (χ4v) is 3.48. The number of aliphatic hydroxyl groups is 1. The van der Waals surface area contributed by atoms with E-state index in [4.69, 9.17) is 0 Å². The van der Waals surface area contributed by atoms with E-state index in [1.807, 2.05) is 0 Å². The van der Waals surface area contributed by atoms with Crippen LogP contribution in [0, 0.1) is 0 Å². The molecule has 0 aromatic rings. The van der Waals surface area contributed by atoms with E-state index in [1.165, 1.54) is 45.4 Å². The van der Waals surface area contributed by atoms with Crippen molar-refractivity contribution in [3.05, 3.63) is 0 Å². The number of hydrogen-bond donors (Lipinski definition) is 2. The van der Waals surface area contributed by atoms with Gasteiger partial charge in [-0.05, 0) is 59.8 Å². The first-order chi connectivity index (χ1) is 9.86. The largest absolute Gasteiger partial charge is 0.394 e. The van der Waals surface area contributed by atoms with Crippen LogP contribution in [-0.2, 0) is 0 Å². The highest BCUT2D eigenvalue weighted by molar-refractivity contribution is 4.84. The molecule has 0 amide bonds. The molecule has 1 rings (SSSR count). The van der Waals surface area contributed by atoms with Gasteiger partial charge in [-0.15, -0.1) is 0 Å². The van der Waals surface area contributed by atoms with Crippen molar-refractivity contribution in [3.8, 4) is 0 Å². The number of nitrogens with one attached hydrogen (secondary N) is 1. The van der Waals surface area contributed by atoms with Crippen LogP contribution in [0.1, 0.15) is 53.4 Å². The number of likely N-dealkylation sites (N-methyl/N-ethyl adjacent to an activating group) is 1. The minimum absolute atomic E-state index is 0.126. The van der Waals surface area contributed by atoms with Gasteiger partial charge in [-0.2, -0.15) is 0 Å². The Labute approximate surface area is 131 Å². The smallest absolute Gasteiger partial charge is 0.0610 e. The molecule has 0 aromatic carbocycles. The van der Waals surface area contributed by atoms with Crippen molar-refractivity contribution in [2.24, 2.45) is 0 Å². The molecule has 2 atom stereocenters. The molecule has 1 aliphatic heterocycles. The highest BCUT2D eigenvalue weighted by Gasteiger charge is 2.24. The fourth-order valence-electron chi connectivity index (χ4n) is 3.48. The highest BCUT2D eigenvalue weighted by Crippen LogP contribution is 2.16. The first-order valence-corrected chi connectivity index (χ1v) is 8.67. The Hall–Kier alpha value is -0.160. The van der Waals surface area contributed by atoms with Crippen molar-refractivity contribution in [1.29, 1.82) is 0 Å². The third-order valence-corrected chi connectivity index (χ3v) is 4.59. The number of nitrogens with zero attached hydrogens (tertiary/aromatic N) is 2. The molecule has 0 aliphatic carbocycles. The average Bonchev–Trinajstić information content (AvgIpc) is 2.55. The third-order valence-electron chi connectivity index (χ3n) is 4.59. The summed E-state index contributed by atoms with van der Waals surface area (Å²) >= 11 is 0. The molecule has 1 fully saturated rings. The molecule has 0 saturated carbocycles. The van der Waals surface area contributed by atoms with Gasteiger partial charge in [0.15, 0.2) is 0 Å². The lowest BCUT2D eigenvalue weighted by Gasteiger charge is -2.32. The molecular weight excluding hydrogens is 262 g/mol. The van der Waals surface area contributed by atoms with Gasteiger partial charge < -0.3 is 15.3 Å². The Bertz CT molecular complexity index is 285. The molecule has 2 unspecified atom stereocenters. The van der Waals surface area contributed by atoms with Crippen LogP contribution >= 0.6 is 0 Å². The summed E-state index contributed by atoms with van der Waals surface area (Å²) in [5.41, 5.74) is -0.126. The Balaban J connectivity index is 2.29. The first kappa shape index (κ1) is 18.9. The van der Waals surface area contributed by atoms with Crippen molar-refractivity contribution < 1.29 is 5.11 Å². The normalized spacial score (nSPS) is 25.0. The summed E-state index contributed by atoms with van der Waals surface area (Å²) in [6.07, 6.45) is 4.73. The Morgan fingerprint density at radius 3 is 2.62 bits per heavy atom. The maximum Gasteiger partial charge on any atom is 0.0610 e. The van der Waals surface area contributed by atoms with Crippen molar-refractivity contribution in [2.75, 3.05) is 39.8 Å². The van der Waals surface area contributed by atoms with E-state index in [9.17, 15) is 5.11 Å². The predicted octanol–water partition coefficient (Wildman–Crippen LogP) is 1.93. The Kier molecular flexibility index (Phi) is 8.17. The number of aliphatic hydroxyl groups excluding tert-OH is 1. The first-order valence-electron chi connectivity index (χ1n) is 8.67. The zero-order valence-corrected chi connectivity index (χ0v) is 14.9. The van der Waals surface area contributed by atoms with Crippen LogP contribution < -0.4 is 5.32 Å². The van der Waals surface area contributed by atoms with Crippen LogP contribution in [0.25, 0.3) is 0 Å². The summed E-state index contributed by atoms with van der Waals surface area (Å²) in [6, 6.07) is 1.08. The molecule has 4 heteroatoms. The van der Waals surface area contributed by atoms with E-state index in [1.54, 1.807) is 0 Å². The second kappa shape index (κ2) is 9.09. The van der Waals surface area contributed by atoms with Gasteiger partial charge in [0.25, 0.3) is 0 Å². The molecule has 1 aliphatic rings. The molecule has 1 saturated heterocycles. The van der Waals surface area contributed by atoms with Crippen molar-refractivity contribution in [1.82, 2.24) is 15.1 Å². The SMILES string of the molecule is CC(C)NC(C)(CO)CCCCN1CCCN(C)CC1C. The van der Waals surface area contributed by atoms with Gasteiger partial charge in [0, 0.05) is 24.2 Å². The van der Waals surface area contributed by atoms with Crippen LogP contribution in [0.5, 0.6) is 0 Å². The van der Waals surface area contributed by atoms with Crippen LogP contribution in [0.4, 0.5) is 0 Å². The molecule has 0 aromatic heterocycles. The Morgan fingerprint density at radius 1 is 1.29 bits per heavy atom. The third kappa shape index (κ3) is 7.09. The second-order valence-corrected chi connectivity index (χ2v) is 7.48. The standard InChI is InChI=1S/C17H37N3O/c1-15(2)18-17(4,14-21)9-6-7-11-20-12-8-10-19(5)13-16(20)3/h15-16,18,21H,6-14H2,1-5H3. The van der Waals surface area contributed by atoms with Crippen LogP contribution in [0.3, 0.4) is 0 Å². The summed E-state index contributed by atoms with van der Waals surface area (Å²) in [6.45, 7) is 13.8. The average molecular weight is 300 g/mol. The lowest BCUT2D eigenvalue weighted by molar-refractivity contribution is 0.149. The monoisotopic (exact) mass is 299 g/mol. The predicted molar refractivity (Wildman–Crippen MR) is 90.8 cm³/mol. The maximum absolute atomic E-state index is 9.61. The van der Waals surface area contributed by atoms with E-state index in [2.05, 4.69) is 49.9 Å². The topological polar surface area (TPSA) is 38.7 Å². The molecule has 4 nitrogen and oxygen atoms in total.